The molecule has 4 nitrogen and oxygen atoms in total. The van der Waals surface area contributed by atoms with Gasteiger partial charge in [0.2, 0.25) is 5.41 Å². The molecule has 6 rings (SSSR count). The smallest absolute Gasteiger partial charge is 0.411 e. The van der Waals surface area contributed by atoms with E-state index in [2.05, 4.69) is 0 Å². The number of hydrogen-bond acceptors (Lipinski definition) is 4. The van der Waals surface area contributed by atoms with Gasteiger partial charge in [0.1, 0.15) is 23.4 Å². The number of carbonyl (C=O) groups is 2. The van der Waals surface area contributed by atoms with Crippen LogP contribution >= 0.6 is 23.2 Å². The van der Waals surface area contributed by atoms with Crippen LogP contribution in [0.4, 0.5) is 26.3 Å². The molecule has 2 atom stereocenters. The van der Waals surface area contributed by atoms with Crippen molar-refractivity contribution >= 4 is 34.8 Å². The van der Waals surface area contributed by atoms with E-state index in [1.165, 1.54) is 24.3 Å². The zero-order valence-corrected chi connectivity index (χ0v) is 33.3. The first-order valence-corrected chi connectivity index (χ1v) is 19.1. The van der Waals surface area contributed by atoms with E-state index in [9.17, 15) is 35.9 Å². The van der Waals surface area contributed by atoms with Gasteiger partial charge in [-0.3, -0.25) is 9.59 Å². The largest absolute Gasteiger partial charge is 0.486 e. The maximum absolute atomic E-state index is 14.9. The third kappa shape index (κ3) is 9.04. The van der Waals surface area contributed by atoms with Gasteiger partial charge in [-0.25, -0.2) is 0 Å². The monoisotopic (exact) mass is 848 g/mol. The second-order valence-electron chi connectivity index (χ2n) is 14.1. The Balaban J connectivity index is 1.17. The quantitative estimate of drug-likeness (QED) is 0.0660. The summed E-state index contributed by atoms with van der Waals surface area (Å²) >= 11 is 12.4. The normalized spacial score (nSPS) is 13.6. The highest BCUT2D eigenvalue weighted by molar-refractivity contribution is 6.30. The van der Waals surface area contributed by atoms with Crippen LogP contribution in [0.1, 0.15) is 87.4 Å². The third-order valence-electron chi connectivity index (χ3n) is 10.3. The van der Waals surface area contributed by atoms with Crippen molar-refractivity contribution in [2.24, 2.45) is 0 Å². The van der Waals surface area contributed by atoms with Gasteiger partial charge in [0.25, 0.3) is 0 Å². The molecule has 0 radical (unpaired) electrons. The minimum Gasteiger partial charge on any atom is -0.486 e. The molecule has 12 heteroatoms. The summed E-state index contributed by atoms with van der Waals surface area (Å²) in [6.07, 6.45) is -11.6. The van der Waals surface area contributed by atoms with Crippen LogP contribution < -0.4 is 9.47 Å². The van der Waals surface area contributed by atoms with Crippen molar-refractivity contribution < 1.29 is 45.4 Å². The molecule has 0 saturated carbocycles. The molecule has 0 amide bonds. The molecule has 6 aromatic carbocycles. The fourth-order valence-corrected chi connectivity index (χ4v) is 6.89. The first-order valence-electron chi connectivity index (χ1n) is 18.4. The molecule has 0 bridgehead atoms. The molecule has 0 fully saturated rings. The minimum atomic E-state index is -5.81. The maximum Gasteiger partial charge on any atom is 0.411 e. The predicted octanol–water partition coefficient (Wildman–Crippen LogP) is 14.0. The highest BCUT2D eigenvalue weighted by Gasteiger charge is 2.72. The van der Waals surface area contributed by atoms with E-state index in [1.807, 2.05) is 13.8 Å². The van der Waals surface area contributed by atoms with E-state index in [1.54, 1.807) is 79.7 Å². The predicted molar refractivity (Wildman–Crippen MR) is 216 cm³/mol. The van der Waals surface area contributed by atoms with Crippen molar-refractivity contribution in [3.8, 4) is 17.2 Å². The highest BCUT2D eigenvalue weighted by Crippen LogP contribution is 2.56. The van der Waals surface area contributed by atoms with Crippen molar-refractivity contribution in [2.45, 2.75) is 55.9 Å². The van der Waals surface area contributed by atoms with E-state index in [0.717, 1.165) is 54.1 Å². The van der Waals surface area contributed by atoms with Crippen LogP contribution in [0, 0.1) is 0 Å². The maximum atomic E-state index is 14.9. The van der Waals surface area contributed by atoms with Gasteiger partial charge in [-0.1, -0.05) is 91.3 Å². The third-order valence-corrected chi connectivity index (χ3v) is 11.0. The molecule has 2 unspecified atom stereocenters. The van der Waals surface area contributed by atoms with Gasteiger partial charge in [-0.05, 0) is 115 Å². The molecule has 0 heterocycles. The molecule has 0 N–H and O–H groups in total. The zero-order chi connectivity index (χ0) is 42.8. The summed E-state index contributed by atoms with van der Waals surface area (Å²) in [6.45, 7) is 5.50. The topological polar surface area (TPSA) is 52.6 Å². The Morgan fingerprint density at radius 3 is 1.29 bits per heavy atom. The van der Waals surface area contributed by atoms with Crippen molar-refractivity contribution in [1.82, 2.24) is 0 Å². The van der Waals surface area contributed by atoms with Crippen LogP contribution in [0.15, 0.2) is 146 Å². The van der Waals surface area contributed by atoms with Gasteiger partial charge in [0.05, 0.1) is 4.87 Å². The Morgan fingerprint density at radius 1 is 0.542 bits per heavy atom. The Hall–Kier alpha value is -5.58. The minimum absolute atomic E-state index is 0.0261. The van der Waals surface area contributed by atoms with Crippen LogP contribution in [0.5, 0.6) is 17.2 Å². The number of ether oxygens (including phenoxy) is 2. The molecule has 0 aliphatic carbocycles. The molecule has 0 aromatic heterocycles. The summed E-state index contributed by atoms with van der Waals surface area (Å²) in [4.78, 5) is 25.3. The number of rotatable bonds is 13. The standard InChI is InChI=1S/C47H36Cl2F6O4/c1-4-44(3,49)35-15-9-32(10-16-35)43(57)34-13-23-40(24-14-34)59-41-27-19-37(20-28-41)45(46(50,51)52,47(53,54)55)36-17-25-39(26-18-36)58-29(2)30-5-7-31(8-6-30)42(56)33-11-21-38(48)22-12-33/h5-29H,4H2,1-3H3. The second kappa shape index (κ2) is 17.0. The highest BCUT2D eigenvalue weighted by atomic mass is 35.5. The Bertz CT molecular complexity index is 2380. The van der Waals surface area contributed by atoms with Crippen LogP contribution in [-0.4, -0.2) is 23.9 Å². The molecular weight excluding hydrogens is 813 g/mol. The van der Waals surface area contributed by atoms with E-state index in [4.69, 9.17) is 32.7 Å². The zero-order valence-electron chi connectivity index (χ0n) is 31.8. The molecule has 0 aliphatic rings. The average molecular weight is 850 g/mol. The van der Waals surface area contributed by atoms with Gasteiger partial charge in [0.15, 0.2) is 11.6 Å². The van der Waals surface area contributed by atoms with Gasteiger partial charge < -0.3 is 9.47 Å². The van der Waals surface area contributed by atoms with Crippen molar-refractivity contribution in [3.05, 3.63) is 195 Å². The number of ketones is 2. The summed E-state index contributed by atoms with van der Waals surface area (Å²) in [5.74, 6) is -0.291. The summed E-state index contributed by atoms with van der Waals surface area (Å²) in [5, 5.41) is 0.486. The lowest BCUT2D eigenvalue weighted by atomic mass is 9.73. The van der Waals surface area contributed by atoms with Gasteiger partial charge in [0, 0.05) is 27.3 Å². The van der Waals surface area contributed by atoms with E-state index >= 15 is 0 Å². The number of carbonyl (C=O) groups excluding carboxylic acids is 2. The summed E-state index contributed by atoms with van der Waals surface area (Å²) in [5.41, 5.74) is -3.43. The van der Waals surface area contributed by atoms with Crippen LogP contribution in [0.3, 0.4) is 0 Å². The van der Waals surface area contributed by atoms with Crippen LogP contribution in [0.25, 0.3) is 0 Å². The Labute approximate surface area is 347 Å². The summed E-state index contributed by atoms with van der Waals surface area (Å²) in [6, 6.07) is 32.9. The average Bonchev–Trinajstić information content (AvgIpc) is 3.21. The SMILES string of the molecule is CCC(C)(Cl)c1ccc(C(=O)c2ccc(Oc3ccc(C(c4ccc(OC(C)c5ccc(C(=O)c6ccc(Cl)cc6)cc5)cc4)(C(F)(F)F)C(F)(F)F)cc3)cc2)cc1. The van der Waals surface area contributed by atoms with Crippen molar-refractivity contribution in [1.29, 1.82) is 0 Å². The Morgan fingerprint density at radius 2 is 0.881 bits per heavy atom. The fraction of sp³-hybridized carbons (Fsp3) is 0.191. The molecular formula is C47H36Cl2F6O4. The van der Waals surface area contributed by atoms with E-state index < -0.39 is 39.9 Å². The number of halogens is 8. The second-order valence-corrected chi connectivity index (χ2v) is 15.4. The van der Waals surface area contributed by atoms with Gasteiger partial charge in [-0.15, -0.1) is 11.6 Å². The first kappa shape index (κ1) is 43.0. The first-order chi connectivity index (χ1) is 27.8. The molecule has 0 spiro atoms. The van der Waals surface area contributed by atoms with Gasteiger partial charge in [-0.2, -0.15) is 26.3 Å². The Kier molecular flexibility index (Phi) is 12.4. The fourth-order valence-electron chi connectivity index (χ4n) is 6.63. The lowest BCUT2D eigenvalue weighted by molar-refractivity contribution is -0.288. The number of benzene rings is 6. The lowest BCUT2D eigenvalue weighted by Gasteiger charge is -2.38. The van der Waals surface area contributed by atoms with E-state index in [-0.39, 0.29) is 28.8 Å². The van der Waals surface area contributed by atoms with Crippen LogP contribution in [-0.2, 0) is 10.3 Å². The van der Waals surface area contributed by atoms with E-state index in [0.29, 0.717) is 39.3 Å². The van der Waals surface area contributed by atoms with Crippen molar-refractivity contribution in [3.63, 3.8) is 0 Å². The van der Waals surface area contributed by atoms with Crippen LogP contribution in [0.2, 0.25) is 5.02 Å². The molecule has 304 valence electrons. The molecule has 0 aliphatic heterocycles. The van der Waals surface area contributed by atoms with Gasteiger partial charge >= 0.3 is 12.4 Å². The molecule has 6 aromatic rings. The molecule has 0 saturated heterocycles. The van der Waals surface area contributed by atoms with Crippen molar-refractivity contribution in [2.75, 3.05) is 0 Å². The lowest BCUT2D eigenvalue weighted by Crippen LogP contribution is -2.54. The molecule has 59 heavy (non-hydrogen) atoms. The number of hydrogen-bond donors (Lipinski definition) is 0. The summed E-state index contributed by atoms with van der Waals surface area (Å²) < 4.78 is 101. The summed E-state index contributed by atoms with van der Waals surface area (Å²) in [7, 11) is 0. The number of alkyl halides is 7.